The molecule has 1 aromatic carbocycles. The van der Waals surface area contributed by atoms with E-state index >= 15 is 0 Å². The summed E-state index contributed by atoms with van der Waals surface area (Å²) in [5, 5.41) is 13.9. The molecule has 0 fully saturated rings. The van der Waals surface area contributed by atoms with E-state index in [1.54, 1.807) is 6.07 Å². The number of likely N-dealkylation sites (N-methyl/N-ethyl adjacent to an activating group) is 1. The molecule has 1 aromatic heterocycles. The average Bonchev–Trinajstić information content (AvgIpc) is 2.55. The van der Waals surface area contributed by atoms with Crippen molar-refractivity contribution in [1.29, 1.82) is 0 Å². The summed E-state index contributed by atoms with van der Waals surface area (Å²) < 4.78 is 2.06. The first-order chi connectivity index (χ1) is 7.61. The number of aromatic nitrogens is 1. The Morgan fingerprint density at radius 3 is 2.88 bits per heavy atom. The lowest BCUT2D eigenvalue weighted by Gasteiger charge is -2.08. The summed E-state index contributed by atoms with van der Waals surface area (Å²) >= 11 is 0. The highest BCUT2D eigenvalue weighted by Crippen LogP contribution is 2.25. The van der Waals surface area contributed by atoms with Crippen molar-refractivity contribution < 1.29 is 5.11 Å². The zero-order valence-electron chi connectivity index (χ0n) is 9.99. The van der Waals surface area contributed by atoms with E-state index in [-0.39, 0.29) is 0 Å². The molecule has 0 amide bonds. The van der Waals surface area contributed by atoms with E-state index < -0.39 is 0 Å². The highest BCUT2D eigenvalue weighted by molar-refractivity contribution is 5.85. The molecule has 1 unspecified atom stereocenters. The van der Waals surface area contributed by atoms with Crippen molar-refractivity contribution >= 4 is 10.9 Å². The highest BCUT2D eigenvalue weighted by Gasteiger charge is 2.09. The maximum absolute atomic E-state index is 9.47. The number of hydrogen-bond donors (Lipinski definition) is 2. The fourth-order valence-corrected chi connectivity index (χ4v) is 2.05. The topological polar surface area (TPSA) is 37.2 Å². The molecule has 86 valence electrons. The van der Waals surface area contributed by atoms with Gasteiger partial charge in [0.25, 0.3) is 0 Å². The molecule has 0 radical (unpaired) electrons. The normalized spacial score (nSPS) is 13.2. The monoisotopic (exact) mass is 218 g/mol. The van der Waals surface area contributed by atoms with Gasteiger partial charge in [-0.15, -0.1) is 0 Å². The van der Waals surface area contributed by atoms with Crippen LogP contribution in [0.2, 0.25) is 0 Å². The van der Waals surface area contributed by atoms with E-state index in [4.69, 9.17) is 0 Å². The predicted molar refractivity (Wildman–Crippen MR) is 66.8 cm³/mol. The second-order valence-electron chi connectivity index (χ2n) is 4.36. The first-order valence-corrected chi connectivity index (χ1v) is 5.56. The van der Waals surface area contributed by atoms with Gasteiger partial charge in [-0.3, -0.25) is 0 Å². The lowest BCUT2D eigenvalue weighted by atomic mass is 10.1. The minimum absolute atomic E-state index is 0.321. The SMILES string of the molecule is CNC(C)Cc1cn(C)c2cc(O)ccc12. The molecule has 0 aliphatic carbocycles. The first kappa shape index (κ1) is 11.0. The van der Waals surface area contributed by atoms with Crippen molar-refractivity contribution in [2.24, 2.45) is 7.05 Å². The van der Waals surface area contributed by atoms with Crippen molar-refractivity contribution in [3.8, 4) is 5.75 Å². The summed E-state index contributed by atoms with van der Waals surface area (Å²) in [6.07, 6.45) is 3.14. The molecule has 16 heavy (non-hydrogen) atoms. The molecule has 3 nitrogen and oxygen atoms in total. The molecule has 1 heterocycles. The zero-order chi connectivity index (χ0) is 11.7. The van der Waals surface area contributed by atoms with Crippen LogP contribution in [0.4, 0.5) is 0 Å². The van der Waals surface area contributed by atoms with Gasteiger partial charge in [0.05, 0.1) is 5.52 Å². The maximum Gasteiger partial charge on any atom is 0.117 e. The Bertz CT molecular complexity index is 502. The summed E-state index contributed by atoms with van der Waals surface area (Å²) in [6, 6.07) is 6.00. The molecule has 0 aliphatic heterocycles. The van der Waals surface area contributed by atoms with E-state index in [0.717, 1.165) is 11.9 Å². The Hall–Kier alpha value is -1.48. The fourth-order valence-electron chi connectivity index (χ4n) is 2.05. The van der Waals surface area contributed by atoms with Gasteiger partial charge in [-0.1, -0.05) is 0 Å². The number of hydrogen-bond acceptors (Lipinski definition) is 2. The molecule has 2 rings (SSSR count). The Labute approximate surface area is 95.7 Å². The number of phenols is 1. The molecule has 3 heteroatoms. The Kier molecular flexibility index (Phi) is 2.88. The molecule has 0 bridgehead atoms. The van der Waals surface area contributed by atoms with Crippen molar-refractivity contribution in [3.63, 3.8) is 0 Å². The van der Waals surface area contributed by atoms with Crippen LogP contribution in [-0.4, -0.2) is 22.8 Å². The molecular formula is C13H18N2O. The number of nitrogens with one attached hydrogen (secondary N) is 1. The summed E-state index contributed by atoms with van der Waals surface area (Å²) in [5.41, 5.74) is 2.40. The van der Waals surface area contributed by atoms with Crippen LogP contribution in [0.25, 0.3) is 10.9 Å². The van der Waals surface area contributed by atoms with Crippen LogP contribution in [0.5, 0.6) is 5.75 Å². The van der Waals surface area contributed by atoms with Crippen molar-refractivity contribution in [3.05, 3.63) is 30.0 Å². The number of rotatable bonds is 3. The number of aryl methyl sites for hydroxylation is 1. The van der Waals surface area contributed by atoms with E-state index in [0.29, 0.717) is 11.8 Å². The van der Waals surface area contributed by atoms with Gasteiger partial charge in [-0.05, 0) is 38.1 Å². The van der Waals surface area contributed by atoms with Crippen LogP contribution in [0.3, 0.4) is 0 Å². The third-order valence-electron chi connectivity index (χ3n) is 3.08. The summed E-state index contributed by atoms with van der Waals surface area (Å²) in [4.78, 5) is 0. The van der Waals surface area contributed by atoms with Crippen molar-refractivity contribution in [1.82, 2.24) is 9.88 Å². The van der Waals surface area contributed by atoms with E-state index in [1.807, 2.05) is 26.2 Å². The number of nitrogens with zero attached hydrogens (tertiary/aromatic N) is 1. The average molecular weight is 218 g/mol. The van der Waals surface area contributed by atoms with Gasteiger partial charge in [0.1, 0.15) is 5.75 Å². The molecule has 0 saturated carbocycles. The minimum atomic E-state index is 0.321. The van der Waals surface area contributed by atoms with Crippen LogP contribution >= 0.6 is 0 Å². The summed E-state index contributed by atoms with van der Waals surface area (Å²) in [7, 11) is 3.98. The lowest BCUT2D eigenvalue weighted by Crippen LogP contribution is -2.23. The third kappa shape index (κ3) is 1.91. The van der Waals surface area contributed by atoms with E-state index in [1.165, 1.54) is 10.9 Å². The molecule has 1 atom stereocenters. The first-order valence-electron chi connectivity index (χ1n) is 5.56. The van der Waals surface area contributed by atoms with Gasteiger partial charge in [-0.25, -0.2) is 0 Å². The van der Waals surface area contributed by atoms with Crippen LogP contribution in [0.15, 0.2) is 24.4 Å². The summed E-state index contributed by atoms with van der Waals surface area (Å²) in [5.74, 6) is 0.321. The van der Waals surface area contributed by atoms with Crippen LogP contribution in [-0.2, 0) is 13.5 Å². The smallest absolute Gasteiger partial charge is 0.117 e. The Balaban J connectivity index is 2.47. The number of fused-ring (bicyclic) bond motifs is 1. The van der Waals surface area contributed by atoms with Crippen LogP contribution in [0, 0.1) is 0 Å². The zero-order valence-corrected chi connectivity index (χ0v) is 9.99. The Morgan fingerprint density at radius 2 is 2.19 bits per heavy atom. The van der Waals surface area contributed by atoms with Crippen molar-refractivity contribution in [2.75, 3.05) is 7.05 Å². The summed E-state index contributed by atoms with van der Waals surface area (Å²) in [6.45, 7) is 2.17. The molecular weight excluding hydrogens is 200 g/mol. The van der Waals surface area contributed by atoms with Crippen molar-refractivity contribution in [2.45, 2.75) is 19.4 Å². The quantitative estimate of drug-likeness (QED) is 0.827. The maximum atomic E-state index is 9.47. The van der Waals surface area contributed by atoms with Gasteiger partial charge in [-0.2, -0.15) is 0 Å². The molecule has 0 saturated heterocycles. The van der Waals surface area contributed by atoms with Gasteiger partial charge in [0.15, 0.2) is 0 Å². The van der Waals surface area contributed by atoms with E-state index in [9.17, 15) is 5.11 Å². The largest absolute Gasteiger partial charge is 0.508 e. The van der Waals surface area contributed by atoms with Crippen LogP contribution in [0.1, 0.15) is 12.5 Å². The lowest BCUT2D eigenvalue weighted by molar-refractivity contribution is 0.476. The van der Waals surface area contributed by atoms with Gasteiger partial charge >= 0.3 is 0 Å². The number of benzene rings is 1. The van der Waals surface area contributed by atoms with Gasteiger partial charge in [0.2, 0.25) is 0 Å². The predicted octanol–water partition coefficient (Wildman–Crippen LogP) is 2.03. The second kappa shape index (κ2) is 4.18. The minimum Gasteiger partial charge on any atom is -0.508 e. The highest BCUT2D eigenvalue weighted by atomic mass is 16.3. The molecule has 2 aromatic rings. The molecule has 0 spiro atoms. The van der Waals surface area contributed by atoms with Gasteiger partial charge in [0, 0.05) is 30.7 Å². The molecule has 2 N–H and O–H groups in total. The fraction of sp³-hybridized carbons (Fsp3) is 0.385. The van der Waals surface area contributed by atoms with Crippen LogP contribution < -0.4 is 5.32 Å². The second-order valence-corrected chi connectivity index (χ2v) is 4.36. The Morgan fingerprint density at radius 1 is 1.44 bits per heavy atom. The number of aromatic hydroxyl groups is 1. The molecule has 0 aliphatic rings. The third-order valence-corrected chi connectivity index (χ3v) is 3.08. The van der Waals surface area contributed by atoms with Gasteiger partial charge < -0.3 is 15.0 Å². The van der Waals surface area contributed by atoms with E-state index in [2.05, 4.69) is 23.0 Å². The standard InChI is InChI=1S/C13H18N2O/c1-9(14-2)6-10-8-15(3)13-7-11(16)4-5-12(10)13/h4-5,7-9,14,16H,6H2,1-3H3. The number of phenolic OH excluding ortho intramolecular Hbond substituents is 1.